The topological polar surface area (TPSA) is 35.6 Å². The van der Waals surface area contributed by atoms with E-state index in [1.54, 1.807) is 0 Å². The summed E-state index contributed by atoms with van der Waals surface area (Å²) < 4.78 is 0. The molecule has 0 radical (unpaired) electrons. The molecular formula is C19H31Cl2N3O. The Labute approximate surface area is 164 Å². The molecule has 2 fully saturated rings. The highest BCUT2D eigenvalue weighted by molar-refractivity contribution is 5.85. The van der Waals surface area contributed by atoms with Gasteiger partial charge in [0, 0.05) is 44.6 Å². The molecule has 1 spiro atoms. The zero-order chi connectivity index (χ0) is 16.1. The number of amides is 1. The Bertz CT molecular complexity index is 529. The average molecular weight is 388 g/mol. The third-order valence-electron chi connectivity index (χ3n) is 5.37. The Morgan fingerprint density at radius 2 is 1.88 bits per heavy atom. The molecule has 2 saturated heterocycles. The summed E-state index contributed by atoms with van der Waals surface area (Å²) in [7, 11) is 1.90. The van der Waals surface area contributed by atoms with Crippen molar-refractivity contribution in [1.29, 1.82) is 0 Å². The first kappa shape index (κ1) is 22.2. The largest absolute Gasteiger partial charge is 0.342 e. The smallest absolute Gasteiger partial charge is 0.223 e. The van der Waals surface area contributed by atoms with Gasteiger partial charge in [0.2, 0.25) is 5.91 Å². The van der Waals surface area contributed by atoms with E-state index >= 15 is 0 Å². The van der Waals surface area contributed by atoms with Crippen molar-refractivity contribution in [2.75, 3.05) is 39.8 Å². The van der Waals surface area contributed by atoms with Crippen LogP contribution in [0, 0.1) is 5.41 Å². The van der Waals surface area contributed by atoms with Crippen LogP contribution in [-0.2, 0) is 11.3 Å². The lowest BCUT2D eigenvalue weighted by Gasteiger charge is -2.40. The van der Waals surface area contributed by atoms with Gasteiger partial charge in [0.25, 0.3) is 0 Å². The summed E-state index contributed by atoms with van der Waals surface area (Å²) in [4.78, 5) is 17.0. The number of benzene rings is 1. The van der Waals surface area contributed by atoms with E-state index in [9.17, 15) is 4.79 Å². The van der Waals surface area contributed by atoms with Crippen molar-refractivity contribution in [2.24, 2.45) is 5.41 Å². The number of nitrogens with zero attached hydrogens (tertiary/aromatic N) is 2. The molecule has 0 aliphatic carbocycles. The maximum absolute atomic E-state index is 12.3. The number of likely N-dealkylation sites (tertiary alicyclic amines) is 2. The molecule has 1 N–H and O–H groups in total. The molecule has 1 aromatic rings. The summed E-state index contributed by atoms with van der Waals surface area (Å²) in [6.45, 7) is 6.05. The quantitative estimate of drug-likeness (QED) is 0.843. The lowest BCUT2D eigenvalue weighted by molar-refractivity contribution is -0.130. The fraction of sp³-hybridized carbons (Fsp3) is 0.632. The lowest BCUT2D eigenvalue weighted by Crippen LogP contribution is -2.45. The molecule has 1 amide bonds. The van der Waals surface area contributed by atoms with E-state index in [1.807, 2.05) is 7.05 Å². The predicted molar refractivity (Wildman–Crippen MR) is 108 cm³/mol. The molecule has 142 valence electrons. The number of halogens is 2. The summed E-state index contributed by atoms with van der Waals surface area (Å²) in [5.74, 6) is 0.316. The van der Waals surface area contributed by atoms with Crippen molar-refractivity contribution in [3.8, 4) is 0 Å². The normalized spacial score (nSPS) is 23.2. The summed E-state index contributed by atoms with van der Waals surface area (Å²) in [5, 5.41) is 3.07. The van der Waals surface area contributed by atoms with Gasteiger partial charge in [-0.05, 0) is 38.4 Å². The minimum atomic E-state index is 0. The second kappa shape index (κ2) is 10.4. The molecule has 2 aliphatic heterocycles. The fourth-order valence-electron chi connectivity index (χ4n) is 4.16. The fourth-order valence-corrected chi connectivity index (χ4v) is 4.16. The van der Waals surface area contributed by atoms with Crippen molar-refractivity contribution in [3.63, 3.8) is 0 Å². The van der Waals surface area contributed by atoms with Gasteiger partial charge in [-0.25, -0.2) is 0 Å². The van der Waals surface area contributed by atoms with Gasteiger partial charge in [-0.2, -0.15) is 0 Å². The standard InChI is InChI=1S/C19H29N3O.2ClH/c1-20-11-8-18(23)22-13-10-19(16-22)9-5-12-21(15-19)14-17-6-3-2-4-7-17;;/h2-4,6-7,20H,5,8-16H2,1H3;2*1H. The van der Waals surface area contributed by atoms with Crippen LogP contribution in [-0.4, -0.2) is 55.5 Å². The van der Waals surface area contributed by atoms with Crippen molar-refractivity contribution >= 4 is 30.7 Å². The van der Waals surface area contributed by atoms with Crippen LogP contribution in [0.4, 0.5) is 0 Å². The van der Waals surface area contributed by atoms with E-state index in [2.05, 4.69) is 45.4 Å². The average Bonchev–Trinajstić information content (AvgIpc) is 2.97. The van der Waals surface area contributed by atoms with Gasteiger partial charge in [-0.15, -0.1) is 24.8 Å². The Morgan fingerprint density at radius 3 is 2.60 bits per heavy atom. The van der Waals surface area contributed by atoms with Gasteiger partial charge in [0.15, 0.2) is 0 Å². The molecule has 6 heteroatoms. The minimum absolute atomic E-state index is 0. The molecule has 0 bridgehead atoms. The number of nitrogens with one attached hydrogen (secondary N) is 1. The monoisotopic (exact) mass is 387 g/mol. The zero-order valence-corrected chi connectivity index (χ0v) is 16.7. The molecule has 1 atom stereocenters. The second-order valence-electron chi connectivity index (χ2n) is 7.22. The molecule has 4 nitrogen and oxygen atoms in total. The molecule has 0 aromatic heterocycles. The van der Waals surface area contributed by atoms with Gasteiger partial charge in [-0.3, -0.25) is 9.69 Å². The van der Waals surface area contributed by atoms with E-state index in [0.29, 0.717) is 17.7 Å². The van der Waals surface area contributed by atoms with E-state index in [0.717, 1.165) is 32.7 Å². The lowest BCUT2D eigenvalue weighted by atomic mass is 9.79. The number of carbonyl (C=O) groups is 1. The molecule has 25 heavy (non-hydrogen) atoms. The molecule has 2 aliphatic rings. The second-order valence-corrected chi connectivity index (χ2v) is 7.22. The first-order chi connectivity index (χ1) is 11.2. The first-order valence-corrected chi connectivity index (χ1v) is 8.89. The van der Waals surface area contributed by atoms with Crippen LogP contribution in [0.2, 0.25) is 0 Å². The van der Waals surface area contributed by atoms with Gasteiger partial charge < -0.3 is 10.2 Å². The van der Waals surface area contributed by atoms with Crippen LogP contribution in [0.25, 0.3) is 0 Å². The summed E-state index contributed by atoms with van der Waals surface area (Å²) in [6, 6.07) is 10.7. The maximum atomic E-state index is 12.3. The van der Waals surface area contributed by atoms with Gasteiger partial charge in [0.05, 0.1) is 0 Å². The van der Waals surface area contributed by atoms with E-state index < -0.39 is 0 Å². The zero-order valence-electron chi connectivity index (χ0n) is 15.1. The SMILES string of the molecule is CNCCC(=O)N1CCC2(CCCN(Cc3ccccc3)C2)C1.Cl.Cl. The molecule has 3 rings (SSSR count). The Morgan fingerprint density at radius 1 is 1.12 bits per heavy atom. The van der Waals surface area contributed by atoms with Crippen molar-refractivity contribution in [2.45, 2.75) is 32.2 Å². The minimum Gasteiger partial charge on any atom is -0.342 e. The van der Waals surface area contributed by atoms with E-state index in [4.69, 9.17) is 0 Å². The number of hydrogen-bond donors (Lipinski definition) is 1. The van der Waals surface area contributed by atoms with Crippen LogP contribution in [0.3, 0.4) is 0 Å². The van der Waals surface area contributed by atoms with Gasteiger partial charge >= 0.3 is 0 Å². The van der Waals surface area contributed by atoms with Gasteiger partial charge in [0.1, 0.15) is 0 Å². The van der Waals surface area contributed by atoms with E-state index in [1.165, 1.54) is 31.4 Å². The van der Waals surface area contributed by atoms with Crippen molar-refractivity contribution in [1.82, 2.24) is 15.1 Å². The Kier molecular flexibility index (Phi) is 9.22. The van der Waals surface area contributed by atoms with Crippen molar-refractivity contribution < 1.29 is 4.79 Å². The number of rotatable bonds is 5. The third kappa shape index (κ3) is 5.85. The van der Waals surface area contributed by atoms with E-state index in [-0.39, 0.29) is 24.8 Å². The van der Waals surface area contributed by atoms with Crippen molar-refractivity contribution in [3.05, 3.63) is 35.9 Å². The number of hydrogen-bond acceptors (Lipinski definition) is 3. The Hall–Kier alpha value is -0.810. The highest BCUT2D eigenvalue weighted by atomic mass is 35.5. The number of piperidine rings is 1. The van der Waals surface area contributed by atoms with Crippen LogP contribution in [0.15, 0.2) is 30.3 Å². The van der Waals surface area contributed by atoms with Gasteiger partial charge in [-0.1, -0.05) is 30.3 Å². The predicted octanol–water partition coefficient (Wildman–Crippen LogP) is 2.95. The van der Waals surface area contributed by atoms with Crippen LogP contribution in [0.1, 0.15) is 31.2 Å². The molecule has 1 unspecified atom stereocenters. The van der Waals surface area contributed by atoms with Crippen LogP contribution >= 0.6 is 24.8 Å². The molecule has 0 saturated carbocycles. The molecule has 1 aromatic carbocycles. The van der Waals surface area contributed by atoms with Crippen LogP contribution < -0.4 is 5.32 Å². The summed E-state index contributed by atoms with van der Waals surface area (Å²) >= 11 is 0. The highest BCUT2D eigenvalue weighted by Crippen LogP contribution is 2.39. The molecule has 2 heterocycles. The first-order valence-electron chi connectivity index (χ1n) is 8.89. The highest BCUT2D eigenvalue weighted by Gasteiger charge is 2.42. The molecular weight excluding hydrogens is 357 g/mol. The maximum Gasteiger partial charge on any atom is 0.223 e. The third-order valence-corrected chi connectivity index (χ3v) is 5.37. The summed E-state index contributed by atoms with van der Waals surface area (Å²) in [6.07, 6.45) is 4.32. The summed E-state index contributed by atoms with van der Waals surface area (Å²) in [5.41, 5.74) is 1.73. The Balaban J connectivity index is 0.00000156. The van der Waals surface area contributed by atoms with Crippen LogP contribution in [0.5, 0.6) is 0 Å². The number of carbonyl (C=O) groups excluding carboxylic acids is 1.